The predicted octanol–water partition coefficient (Wildman–Crippen LogP) is 11.5. The van der Waals surface area contributed by atoms with Crippen molar-refractivity contribution in [2.24, 2.45) is 0 Å². The van der Waals surface area contributed by atoms with Gasteiger partial charge in [0.15, 0.2) is 5.82 Å². The van der Waals surface area contributed by atoms with Gasteiger partial charge >= 0.3 is 0 Å². The third-order valence-corrected chi connectivity index (χ3v) is 9.27. The van der Waals surface area contributed by atoms with Crippen molar-refractivity contribution in [3.8, 4) is 22.6 Å². The number of furan rings is 1. The van der Waals surface area contributed by atoms with Crippen LogP contribution in [0.3, 0.4) is 0 Å². The molecule has 0 fully saturated rings. The van der Waals surface area contributed by atoms with Crippen LogP contribution in [0.15, 0.2) is 150 Å². The van der Waals surface area contributed by atoms with Crippen molar-refractivity contribution in [2.75, 3.05) is 0 Å². The Bertz CT molecular complexity index is 2830. The number of para-hydroxylation sites is 2. The molecule has 0 atom stereocenters. The molecular weight excluding hydrogens is 548 g/mol. The zero-order valence-corrected chi connectivity index (χ0v) is 24.2. The number of benzene rings is 8. The van der Waals surface area contributed by atoms with E-state index in [1.807, 2.05) is 24.3 Å². The van der Waals surface area contributed by atoms with Crippen LogP contribution in [-0.4, -0.2) is 9.97 Å². The first-order valence-corrected chi connectivity index (χ1v) is 15.3. The van der Waals surface area contributed by atoms with E-state index in [9.17, 15) is 0 Å². The second kappa shape index (κ2) is 9.22. The molecule has 3 heteroatoms. The van der Waals surface area contributed by atoms with Crippen LogP contribution in [0, 0.1) is 0 Å². The average molecular weight is 573 g/mol. The predicted molar refractivity (Wildman–Crippen MR) is 188 cm³/mol. The summed E-state index contributed by atoms with van der Waals surface area (Å²) in [6.45, 7) is 0. The lowest BCUT2D eigenvalue weighted by molar-refractivity contribution is 0.669. The van der Waals surface area contributed by atoms with Crippen molar-refractivity contribution in [3.63, 3.8) is 0 Å². The Labute approximate surface area is 258 Å². The van der Waals surface area contributed by atoms with Gasteiger partial charge in [0.1, 0.15) is 11.2 Å². The van der Waals surface area contributed by atoms with E-state index in [0.717, 1.165) is 55.0 Å². The number of aromatic nitrogens is 2. The minimum Gasteiger partial charge on any atom is -0.456 e. The Morgan fingerprint density at radius 1 is 0.356 bits per heavy atom. The molecule has 2 aromatic heterocycles. The van der Waals surface area contributed by atoms with Crippen LogP contribution in [0.25, 0.3) is 98.6 Å². The van der Waals surface area contributed by atoms with Crippen molar-refractivity contribution in [1.82, 2.24) is 9.97 Å². The number of hydrogen-bond acceptors (Lipinski definition) is 3. The lowest BCUT2D eigenvalue weighted by Gasteiger charge is -2.14. The molecule has 0 unspecified atom stereocenters. The van der Waals surface area contributed by atoms with E-state index >= 15 is 0 Å². The summed E-state index contributed by atoms with van der Waals surface area (Å²) < 4.78 is 6.26. The Morgan fingerprint density at radius 3 is 1.93 bits per heavy atom. The van der Waals surface area contributed by atoms with Crippen LogP contribution >= 0.6 is 0 Å². The van der Waals surface area contributed by atoms with Gasteiger partial charge in [-0.3, -0.25) is 0 Å². The maximum atomic E-state index is 6.26. The molecule has 0 N–H and O–H groups in total. The molecule has 0 bridgehead atoms. The first-order chi connectivity index (χ1) is 22.3. The molecule has 10 aromatic rings. The third-order valence-electron chi connectivity index (χ3n) is 9.27. The van der Waals surface area contributed by atoms with Crippen LogP contribution in [0.1, 0.15) is 0 Å². The molecule has 0 saturated heterocycles. The summed E-state index contributed by atoms with van der Waals surface area (Å²) in [5.74, 6) is 0.712. The molecule has 0 aliphatic carbocycles. The van der Waals surface area contributed by atoms with Gasteiger partial charge in [-0.05, 0) is 61.3 Å². The topological polar surface area (TPSA) is 38.9 Å². The quantitative estimate of drug-likeness (QED) is 0.193. The zero-order chi connectivity index (χ0) is 29.5. The lowest BCUT2D eigenvalue weighted by Crippen LogP contribution is -1.96. The molecular formula is C42H24N2O. The number of rotatable bonds is 2. The van der Waals surface area contributed by atoms with Gasteiger partial charge in [0, 0.05) is 27.3 Å². The van der Waals surface area contributed by atoms with E-state index in [-0.39, 0.29) is 0 Å². The fourth-order valence-electron chi connectivity index (χ4n) is 7.25. The highest BCUT2D eigenvalue weighted by atomic mass is 16.3. The van der Waals surface area contributed by atoms with E-state index in [2.05, 4.69) is 121 Å². The summed E-state index contributed by atoms with van der Waals surface area (Å²) in [6, 6.07) is 51.4. The van der Waals surface area contributed by atoms with E-state index < -0.39 is 0 Å². The van der Waals surface area contributed by atoms with Crippen LogP contribution in [0.4, 0.5) is 0 Å². The minimum atomic E-state index is 0.712. The van der Waals surface area contributed by atoms with E-state index in [0.29, 0.717) is 5.82 Å². The normalized spacial score (nSPS) is 12.0. The maximum absolute atomic E-state index is 6.26. The molecule has 0 radical (unpaired) electrons. The van der Waals surface area contributed by atoms with Gasteiger partial charge < -0.3 is 4.42 Å². The molecule has 45 heavy (non-hydrogen) atoms. The fraction of sp³-hybridized carbons (Fsp3) is 0. The lowest BCUT2D eigenvalue weighted by atomic mass is 9.92. The van der Waals surface area contributed by atoms with Gasteiger partial charge in [0.2, 0.25) is 0 Å². The third kappa shape index (κ3) is 3.52. The van der Waals surface area contributed by atoms with Gasteiger partial charge in [0.25, 0.3) is 0 Å². The molecule has 0 spiro atoms. The smallest absolute Gasteiger partial charge is 0.161 e. The number of fused-ring (bicyclic) bond motifs is 11. The number of nitrogens with zero attached hydrogens (tertiary/aromatic N) is 2. The standard InChI is InChI=1S/C42H24N2O/c1-2-10-27-25(9-1)19-24-31-28(27)22-20-26-21-23-29-30(39(26)31)13-7-14-32(29)42-43-36-16-5-3-11-33(36)41(44-42)35-15-8-18-38-40(35)34-12-4-6-17-37(34)45-38/h1-24H. The van der Waals surface area contributed by atoms with Crippen molar-refractivity contribution in [3.05, 3.63) is 146 Å². The second-order valence-corrected chi connectivity index (χ2v) is 11.7. The molecule has 8 aromatic carbocycles. The number of hydrogen-bond donors (Lipinski definition) is 0. The molecule has 0 amide bonds. The summed E-state index contributed by atoms with van der Waals surface area (Å²) in [5.41, 5.74) is 5.61. The van der Waals surface area contributed by atoms with Gasteiger partial charge in [-0.25, -0.2) is 9.97 Å². The summed E-state index contributed by atoms with van der Waals surface area (Å²) in [4.78, 5) is 10.5. The first kappa shape index (κ1) is 24.4. The minimum absolute atomic E-state index is 0.712. The monoisotopic (exact) mass is 572 g/mol. The highest BCUT2D eigenvalue weighted by Gasteiger charge is 2.19. The molecule has 0 aliphatic heterocycles. The Hall–Kier alpha value is -6.06. The van der Waals surface area contributed by atoms with Crippen LogP contribution in [0.5, 0.6) is 0 Å². The molecule has 0 saturated carbocycles. The zero-order valence-electron chi connectivity index (χ0n) is 24.2. The molecule has 208 valence electrons. The SMILES string of the molecule is c1ccc2c(c1)ccc1c2ccc2ccc3c(-c4nc(-c5cccc6oc7ccccc7c56)c5ccccc5n4)cccc3c21. The van der Waals surface area contributed by atoms with Crippen molar-refractivity contribution < 1.29 is 4.42 Å². The fourth-order valence-corrected chi connectivity index (χ4v) is 7.25. The summed E-state index contributed by atoms with van der Waals surface area (Å²) in [7, 11) is 0. The van der Waals surface area contributed by atoms with Crippen molar-refractivity contribution in [1.29, 1.82) is 0 Å². The first-order valence-electron chi connectivity index (χ1n) is 15.3. The van der Waals surface area contributed by atoms with E-state index in [1.165, 1.54) is 37.7 Å². The Morgan fingerprint density at radius 2 is 1.00 bits per heavy atom. The van der Waals surface area contributed by atoms with Crippen molar-refractivity contribution >= 4 is 75.9 Å². The van der Waals surface area contributed by atoms with Crippen molar-refractivity contribution in [2.45, 2.75) is 0 Å². The largest absolute Gasteiger partial charge is 0.456 e. The highest BCUT2D eigenvalue weighted by molar-refractivity contribution is 6.26. The maximum Gasteiger partial charge on any atom is 0.161 e. The van der Waals surface area contributed by atoms with Crippen LogP contribution < -0.4 is 0 Å². The molecule has 10 rings (SSSR count). The highest BCUT2D eigenvalue weighted by Crippen LogP contribution is 2.41. The van der Waals surface area contributed by atoms with E-state index in [4.69, 9.17) is 14.4 Å². The van der Waals surface area contributed by atoms with Gasteiger partial charge in [0.05, 0.1) is 11.2 Å². The average Bonchev–Trinajstić information content (AvgIpc) is 3.49. The Balaban J connectivity index is 1.28. The van der Waals surface area contributed by atoms with E-state index in [1.54, 1.807) is 0 Å². The molecule has 2 heterocycles. The molecule has 0 aliphatic rings. The van der Waals surface area contributed by atoms with Gasteiger partial charge in [-0.2, -0.15) is 0 Å². The molecule has 3 nitrogen and oxygen atoms in total. The second-order valence-electron chi connectivity index (χ2n) is 11.7. The summed E-state index contributed by atoms with van der Waals surface area (Å²) in [5, 5.41) is 13.0. The summed E-state index contributed by atoms with van der Waals surface area (Å²) in [6.07, 6.45) is 0. The summed E-state index contributed by atoms with van der Waals surface area (Å²) >= 11 is 0. The van der Waals surface area contributed by atoms with Crippen LogP contribution in [0.2, 0.25) is 0 Å². The van der Waals surface area contributed by atoms with Gasteiger partial charge in [-0.15, -0.1) is 0 Å². The Kier molecular flexibility index (Phi) is 5.00. The van der Waals surface area contributed by atoms with Crippen LogP contribution in [-0.2, 0) is 0 Å². The van der Waals surface area contributed by atoms with Gasteiger partial charge in [-0.1, -0.05) is 127 Å².